The van der Waals surface area contributed by atoms with E-state index in [9.17, 15) is 4.79 Å². The molecule has 0 aliphatic rings. The summed E-state index contributed by atoms with van der Waals surface area (Å²) < 4.78 is 6.88. The highest BCUT2D eigenvalue weighted by Crippen LogP contribution is 2.20. The molecule has 1 amide bonds. The third-order valence-corrected chi connectivity index (χ3v) is 3.35. The molecule has 124 valence electrons. The molecule has 10 nitrogen and oxygen atoms in total. The molecule has 3 heterocycles. The third kappa shape index (κ3) is 2.93. The van der Waals surface area contributed by atoms with Crippen LogP contribution >= 0.6 is 0 Å². The van der Waals surface area contributed by atoms with Gasteiger partial charge in [0.05, 0.1) is 18.4 Å². The Bertz CT molecular complexity index is 856. The average Bonchev–Trinajstić information content (AvgIpc) is 3.25. The summed E-state index contributed by atoms with van der Waals surface area (Å²) >= 11 is 0. The van der Waals surface area contributed by atoms with Gasteiger partial charge in [-0.1, -0.05) is 0 Å². The van der Waals surface area contributed by atoms with Gasteiger partial charge in [0.25, 0.3) is 5.91 Å². The lowest BCUT2D eigenvalue weighted by molar-refractivity contribution is 0.0945. The third-order valence-electron chi connectivity index (χ3n) is 3.35. The van der Waals surface area contributed by atoms with Crippen LogP contribution in [0.3, 0.4) is 0 Å². The summed E-state index contributed by atoms with van der Waals surface area (Å²) in [6, 6.07) is 0. The van der Waals surface area contributed by atoms with Crippen molar-refractivity contribution in [2.24, 2.45) is 0 Å². The minimum absolute atomic E-state index is 0.00302. The summed E-state index contributed by atoms with van der Waals surface area (Å²) in [6.07, 6.45) is 4.36. The largest absolute Gasteiger partial charge is 0.443 e. The SMILES string of the molecule is CCn1ncnc1CNC(=O)c1nc(C)c(-c2ncco2)nc1N. The number of carbonyl (C=O) groups is 1. The quantitative estimate of drug-likeness (QED) is 0.693. The maximum absolute atomic E-state index is 12.3. The Hall–Kier alpha value is -3.30. The number of hydrogen-bond acceptors (Lipinski definition) is 8. The number of nitrogen functional groups attached to an aromatic ring is 1. The van der Waals surface area contributed by atoms with E-state index in [1.54, 1.807) is 11.6 Å². The Morgan fingerprint density at radius 2 is 2.21 bits per heavy atom. The van der Waals surface area contributed by atoms with Gasteiger partial charge in [0.15, 0.2) is 11.5 Å². The van der Waals surface area contributed by atoms with Crippen LogP contribution in [-0.2, 0) is 13.1 Å². The number of aromatic nitrogens is 6. The maximum Gasteiger partial charge on any atom is 0.274 e. The van der Waals surface area contributed by atoms with Crippen molar-refractivity contribution in [3.05, 3.63) is 36.0 Å². The second-order valence-corrected chi connectivity index (χ2v) is 4.90. The molecule has 24 heavy (non-hydrogen) atoms. The summed E-state index contributed by atoms with van der Waals surface area (Å²) in [7, 11) is 0. The first-order chi connectivity index (χ1) is 11.6. The molecule has 0 aliphatic heterocycles. The molecule has 0 bridgehead atoms. The zero-order chi connectivity index (χ0) is 17.1. The predicted molar refractivity (Wildman–Crippen MR) is 83.5 cm³/mol. The van der Waals surface area contributed by atoms with Crippen molar-refractivity contribution in [1.29, 1.82) is 0 Å². The van der Waals surface area contributed by atoms with E-state index in [4.69, 9.17) is 10.2 Å². The van der Waals surface area contributed by atoms with Gasteiger partial charge in [-0.05, 0) is 13.8 Å². The van der Waals surface area contributed by atoms with E-state index in [-0.39, 0.29) is 18.1 Å². The standard InChI is InChI=1S/C14H16N8O2/c1-3-22-9(18-7-19-22)6-17-13(23)11-12(15)21-10(8(2)20-11)14-16-4-5-24-14/h4-5,7H,3,6H2,1-2H3,(H2,15,21)(H,17,23). The van der Waals surface area contributed by atoms with E-state index < -0.39 is 5.91 Å². The Morgan fingerprint density at radius 3 is 2.92 bits per heavy atom. The van der Waals surface area contributed by atoms with E-state index in [1.165, 1.54) is 18.8 Å². The van der Waals surface area contributed by atoms with Crippen LogP contribution in [0.15, 0.2) is 23.2 Å². The van der Waals surface area contributed by atoms with E-state index in [1.807, 2.05) is 6.92 Å². The van der Waals surface area contributed by atoms with Crippen molar-refractivity contribution in [2.45, 2.75) is 26.9 Å². The molecule has 3 aromatic heterocycles. The molecule has 10 heteroatoms. The van der Waals surface area contributed by atoms with Gasteiger partial charge in [-0.2, -0.15) is 5.10 Å². The van der Waals surface area contributed by atoms with Crippen molar-refractivity contribution in [3.8, 4) is 11.6 Å². The molecule has 0 aliphatic carbocycles. The Kier molecular flexibility index (Phi) is 4.18. The van der Waals surface area contributed by atoms with Gasteiger partial charge in [0, 0.05) is 6.54 Å². The highest BCUT2D eigenvalue weighted by Gasteiger charge is 2.19. The lowest BCUT2D eigenvalue weighted by Crippen LogP contribution is -2.27. The Balaban J connectivity index is 1.79. The van der Waals surface area contributed by atoms with Crippen LogP contribution in [0.25, 0.3) is 11.6 Å². The number of nitrogens with one attached hydrogen (secondary N) is 1. The molecular weight excluding hydrogens is 312 g/mol. The Labute approximate surface area is 137 Å². The fourth-order valence-corrected chi connectivity index (χ4v) is 2.17. The highest BCUT2D eigenvalue weighted by atomic mass is 16.3. The normalized spacial score (nSPS) is 10.8. The minimum atomic E-state index is -0.437. The first-order valence-corrected chi connectivity index (χ1v) is 7.29. The van der Waals surface area contributed by atoms with Crippen LogP contribution in [0.5, 0.6) is 0 Å². The molecule has 0 radical (unpaired) electrons. The summed E-state index contributed by atoms with van der Waals surface area (Å²) in [5, 5.41) is 6.76. The summed E-state index contributed by atoms with van der Waals surface area (Å²) in [4.78, 5) is 28.8. The smallest absolute Gasteiger partial charge is 0.274 e. The summed E-state index contributed by atoms with van der Waals surface area (Å²) in [5.74, 6) is 0.510. The van der Waals surface area contributed by atoms with Crippen molar-refractivity contribution in [1.82, 2.24) is 35.0 Å². The average molecular weight is 328 g/mol. The highest BCUT2D eigenvalue weighted by molar-refractivity contribution is 5.96. The first-order valence-electron chi connectivity index (χ1n) is 7.29. The maximum atomic E-state index is 12.3. The number of anilines is 1. The number of amides is 1. The van der Waals surface area contributed by atoms with E-state index in [0.29, 0.717) is 29.6 Å². The second kappa shape index (κ2) is 6.44. The molecule has 0 spiro atoms. The van der Waals surface area contributed by atoms with Crippen molar-refractivity contribution >= 4 is 11.7 Å². The second-order valence-electron chi connectivity index (χ2n) is 4.90. The van der Waals surface area contributed by atoms with E-state index >= 15 is 0 Å². The monoisotopic (exact) mass is 328 g/mol. The minimum Gasteiger partial charge on any atom is -0.443 e. The molecule has 3 aromatic rings. The lowest BCUT2D eigenvalue weighted by atomic mass is 10.2. The molecule has 0 saturated carbocycles. The number of carbonyl (C=O) groups excluding carboxylic acids is 1. The molecular formula is C14H16N8O2. The van der Waals surface area contributed by atoms with E-state index in [0.717, 1.165) is 0 Å². The molecule has 0 aromatic carbocycles. The fourth-order valence-electron chi connectivity index (χ4n) is 2.17. The van der Waals surface area contributed by atoms with Gasteiger partial charge in [0.1, 0.15) is 24.1 Å². The van der Waals surface area contributed by atoms with Gasteiger partial charge >= 0.3 is 0 Å². The zero-order valence-electron chi connectivity index (χ0n) is 13.2. The van der Waals surface area contributed by atoms with Crippen molar-refractivity contribution < 1.29 is 9.21 Å². The van der Waals surface area contributed by atoms with Gasteiger partial charge in [-0.3, -0.25) is 4.79 Å². The summed E-state index contributed by atoms with van der Waals surface area (Å²) in [5.41, 5.74) is 6.81. The van der Waals surface area contributed by atoms with Gasteiger partial charge < -0.3 is 15.5 Å². The number of rotatable bonds is 5. The number of oxazole rings is 1. The van der Waals surface area contributed by atoms with Gasteiger partial charge in [0.2, 0.25) is 5.89 Å². The first kappa shape index (κ1) is 15.6. The zero-order valence-corrected chi connectivity index (χ0v) is 13.2. The lowest BCUT2D eigenvalue weighted by Gasteiger charge is -2.09. The number of nitrogens with two attached hydrogens (primary N) is 1. The van der Waals surface area contributed by atoms with Gasteiger partial charge in [-0.15, -0.1) is 0 Å². The van der Waals surface area contributed by atoms with Crippen LogP contribution in [0.1, 0.15) is 28.9 Å². The molecule has 3 rings (SSSR count). The van der Waals surface area contributed by atoms with Crippen LogP contribution in [-0.4, -0.2) is 35.6 Å². The van der Waals surface area contributed by atoms with Crippen molar-refractivity contribution in [2.75, 3.05) is 5.73 Å². The topological polar surface area (TPSA) is 138 Å². The molecule has 0 fully saturated rings. The number of aryl methyl sites for hydroxylation is 2. The Morgan fingerprint density at radius 1 is 1.38 bits per heavy atom. The molecule has 0 saturated heterocycles. The van der Waals surface area contributed by atoms with Crippen LogP contribution in [0.2, 0.25) is 0 Å². The fraction of sp³-hybridized carbons (Fsp3) is 0.286. The van der Waals surface area contributed by atoms with Crippen molar-refractivity contribution in [3.63, 3.8) is 0 Å². The molecule has 3 N–H and O–H groups in total. The van der Waals surface area contributed by atoms with Crippen LogP contribution in [0, 0.1) is 6.92 Å². The molecule has 0 unspecified atom stereocenters. The predicted octanol–water partition coefficient (Wildman–Crippen LogP) is 0.564. The molecule has 0 atom stereocenters. The number of hydrogen-bond donors (Lipinski definition) is 2. The van der Waals surface area contributed by atoms with Gasteiger partial charge in [-0.25, -0.2) is 24.6 Å². The van der Waals surface area contributed by atoms with Crippen LogP contribution in [0.4, 0.5) is 5.82 Å². The summed E-state index contributed by atoms with van der Waals surface area (Å²) in [6.45, 7) is 4.52. The number of nitrogens with zero attached hydrogens (tertiary/aromatic N) is 6. The van der Waals surface area contributed by atoms with Crippen LogP contribution < -0.4 is 11.1 Å². The van der Waals surface area contributed by atoms with E-state index in [2.05, 4.69) is 30.4 Å².